The molecule has 0 unspecified atom stereocenters. The number of rotatable bonds is 7. The minimum absolute atomic E-state index is 0.0500. The van der Waals surface area contributed by atoms with Gasteiger partial charge in [0.05, 0.1) is 16.8 Å². The largest absolute Gasteiger partial charge is 0.385 e. The Morgan fingerprint density at radius 1 is 1.33 bits per heavy atom. The van der Waals surface area contributed by atoms with Gasteiger partial charge in [0.15, 0.2) is 5.13 Å². The number of amides is 1. The number of ether oxygens (including phenoxy) is 1. The van der Waals surface area contributed by atoms with Gasteiger partial charge in [0.25, 0.3) is 0 Å². The van der Waals surface area contributed by atoms with Crippen molar-refractivity contribution in [1.29, 1.82) is 0 Å². The number of benzene rings is 1. The third-order valence-electron chi connectivity index (χ3n) is 3.24. The van der Waals surface area contributed by atoms with E-state index in [4.69, 9.17) is 4.74 Å². The maximum Gasteiger partial charge on any atom is 0.242 e. The van der Waals surface area contributed by atoms with Crippen LogP contribution < -0.4 is 4.90 Å². The van der Waals surface area contributed by atoms with Crippen molar-refractivity contribution in [2.45, 2.75) is 6.42 Å². The fourth-order valence-corrected chi connectivity index (χ4v) is 2.95. The average Bonchev–Trinajstić information content (AvgIpc) is 2.90. The van der Waals surface area contributed by atoms with Gasteiger partial charge in [0.1, 0.15) is 0 Å². The van der Waals surface area contributed by atoms with Crippen LogP contribution in [-0.2, 0) is 9.53 Å². The standard InChI is InChI=1S/C15H21N3O2S/c1-17(9-6-10-20-3)11-14(19)18(2)15-16-12-7-4-5-8-13(12)21-15/h4-5,7-8H,6,9-11H2,1-3H3. The number of nitrogens with zero attached hydrogens (tertiary/aromatic N) is 3. The van der Waals surface area contributed by atoms with Crippen LogP contribution >= 0.6 is 11.3 Å². The number of methoxy groups -OCH3 is 1. The van der Waals surface area contributed by atoms with Crippen LogP contribution in [0.4, 0.5) is 5.13 Å². The molecule has 2 aromatic rings. The summed E-state index contributed by atoms with van der Waals surface area (Å²) in [6.45, 7) is 1.94. The number of anilines is 1. The number of para-hydroxylation sites is 1. The lowest BCUT2D eigenvalue weighted by molar-refractivity contribution is -0.119. The molecule has 0 aliphatic heterocycles. The summed E-state index contributed by atoms with van der Waals surface area (Å²) in [4.78, 5) is 20.4. The summed E-state index contributed by atoms with van der Waals surface area (Å²) in [5, 5.41) is 0.742. The van der Waals surface area contributed by atoms with E-state index < -0.39 is 0 Å². The average molecular weight is 307 g/mol. The number of carbonyl (C=O) groups excluding carboxylic acids is 1. The Morgan fingerprint density at radius 2 is 2.10 bits per heavy atom. The van der Waals surface area contributed by atoms with Gasteiger partial charge in [-0.15, -0.1) is 0 Å². The topological polar surface area (TPSA) is 45.7 Å². The van der Waals surface area contributed by atoms with Crippen LogP contribution in [0.2, 0.25) is 0 Å². The number of fused-ring (bicyclic) bond motifs is 1. The number of thiazole rings is 1. The zero-order chi connectivity index (χ0) is 15.2. The Kier molecular flexibility index (Phi) is 5.67. The van der Waals surface area contributed by atoms with Crippen LogP contribution in [0, 0.1) is 0 Å². The van der Waals surface area contributed by atoms with E-state index in [1.54, 1.807) is 19.1 Å². The predicted octanol–water partition coefficient (Wildman–Crippen LogP) is 2.23. The summed E-state index contributed by atoms with van der Waals surface area (Å²) >= 11 is 1.54. The first-order valence-corrected chi connectivity index (χ1v) is 7.73. The van der Waals surface area contributed by atoms with E-state index in [-0.39, 0.29) is 5.91 Å². The van der Waals surface area contributed by atoms with Gasteiger partial charge in [-0.05, 0) is 25.6 Å². The summed E-state index contributed by atoms with van der Waals surface area (Å²) in [5.41, 5.74) is 0.936. The number of hydrogen-bond acceptors (Lipinski definition) is 5. The minimum atomic E-state index is 0.0500. The predicted molar refractivity (Wildman–Crippen MR) is 87.0 cm³/mol. The van der Waals surface area contributed by atoms with Crippen molar-refractivity contribution in [3.8, 4) is 0 Å². The van der Waals surface area contributed by atoms with Crippen LogP contribution in [0.3, 0.4) is 0 Å². The first-order chi connectivity index (χ1) is 10.1. The van der Waals surface area contributed by atoms with Crippen molar-refractivity contribution in [1.82, 2.24) is 9.88 Å². The van der Waals surface area contributed by atoms with E-state index in [1.165, 1.54) is 11.3 Å². The van der Waals surface area contributed by atoms with Gasteiger partial charge in [-0.3, -0.25) is 14.6 Å². The lowest BCUT2D eigenvalue weighted by Crippen LogP contribution is -2.37. The molecule has 1 aromatic carbocycles. The van der Waals surface area contributed by atoms with E-state index in [1.807, 2.05) is 36.2 Å². The molecule has 114 valence electrons. The molecule has 0 aliphatic carbocycles. The molecule has 1 aromatic heterocycles. The fourth-order valence-electron chi connectivity index (χ4n) is 2.01. The molecule has 0 saturated heterocycles. The maximum atomic E-state index is 12.3. The van der Waals surface area contributed by atoms with Crippen LogP contribution in [-0.4, -0.2) is 56.7 Å². The first kappa shape index (κ1) is 15.9. The fraction of sp³-hybridized carbons (Fsp3) is 0.467. The van der Waals surface area contributed by atoms with Crippen molar-refractivity contribution >= 4 is 32.6 Å². The third kappa shape index (κ3) is 4.23. The molecule has 1 heterocycles. The Labute approximate surface area is 129 Å². The van der Waals surface area contributed by atoms with Gasteiger partial charge in [-0.1, -0.05) is 23.5 Å². The highest BCUT2D eigenvalue weighted by molar-refractivity contribution is 7.22. The maximum absolute atomic E-state index is 12.3. The van der Waals surface area contributed by atoms with E-state index in [0.29, 0.717) is 13.2 Å². The Morgan fingerprint density at radius 3 is 2.81 bits per heavy atom. The Hall–Kier alpha value is -1.50. The molecule has 2 rings (SSSR count). The smallest absolute Gasteiger partial charge is 0.242 e. The monoisotopic (exact) mass is 307 g/mol. The number of hydrogen-bond donors (Lipinski definition) is 0. The van der Waals surface area contributed by atoms with Gasteiger partial charge >= 0.3 is 0 Å². The molecule has 1 amide bonds. The molecular formula is C15H21N3O2S. The van der Waals surface area contributed by atoms with Gasteiger partial charge in [-0.2, -0.15) is 0 Å². The van der Waals surface area contributed by atoms with Crippen LogP contribution in [0.1, 0.15) is 6.42 Å². The van der Waals surface area contributed by atoms with E-state index >= 15 is 0 Å². The second-order valence-electron chi connectivity index (χ2n) is 5.00. The Bertz CT molecular complexity index is 566. The number of likely N-dealkylation sites (N-methyl/N-ethyl adjacent to an activating group) is 2. The third-order valence-corrected chi connectivity index (χ3v) is 4.35. The zero-order valence-corrected chi connectivity index (χ0v) is 13.5. The second-order valence-corrected chi connectivity index (χ2v) is 6.01. The number of aromatic nitrogens is 1. The van der Waals surface area contributed by atoms with Crippen molar-refractivity contribution in [3.63, 3.8) is 0 Å². The lowest BCUT2D eigenvalue weighted by atomic mass is 10.3. The van der Waals surface area contributed by atoms with Gasteiger partial charge in [0, 0.05) is 27.3 Å². The summed E-state index contributed by atoms with van der Waals surface area (Å²) in [5.74, 6) is 0.0500. The molecule has 0 bridgehead atoms. The zero-order valence-electron chi connectivity index (χ0n) is 12.7. The van der Waals surface area contributed by atoms with Gasteiger partial charge < -0.3 is 4.74 Å². The molecule has 21 heavy (non-hydrogen) atoms. The number of carbonyl (C=O) groups is 1. The highest BCUT2D eigenvalue weighted by Gasteiger charge is 2.16. The highest BCUT2D eigenvalue weighted by atomic mass is 32.1. The summed E-state index contributed by atoms with van der Waals surface area (Å²) < 4.78 is 6.12. The summed E-state index contributed by atoms with van der Waals surface area (Å²) in [6.07, 6.45) is 0.922. The summed E-state index contributed by atoms with van der Waals surface area (Å²) in [6, 6.07) is 7.92. The molecule has 0 spiro atoms. The van der Waals surface area contributed by atoms with Gasteiger partial charge in [-0.25, -0.2) is 4.98 Å². The van der Waals surface area contributed by atoms with Crippen molar-refractivity contribution in [3.05, 3.63) is 24.3 Å². The van der Waals surface area contributed by atoms with Crippen molar-refractivity contribution < 1.29 is 9.53 Å². The van der Waals surface area contributed by atoms with E-state index in [2.05, 4.69) is 4.98 Å². The minimum Gasteiger partial charge on any atom is -0.385 e. The molecule has 0 atom stereocenters. The normalized spacial score (nSPS) is 11.2. The molecule has 6 heteroatoms. The molecule has 0 radical (unpaired) electrons. The van der Waals surface area contributed by atoms with Crippen LogP contribution in [0.5, 0.6) is 0 Å². The van der Waals surface area contributed by atoms with Crippen molar-refractivity contribution in [2.24, 2.45) is 0 Å². The van der Waals surface area contributed by atoms with Crippen LogP contribution in [0.15, 0.2) is 24.3 Å². The second kappa shape index (κ2) is 7.49. The molecule has 0 aliphatic rings. The summed E-state index contributed by atoms with van der Waals surface area (Å²) in [7, 11) is 5.41. The highest BCUT2D eigenvalue weighted by Crippen LogP contribution is 2.27. The quantitative estimate of drug-likeness (QED) is 0.736. The van der Waals surface area contributed by atoms with Crippen LogP contribution in [0.25, 0.3) is 10.2 Å². The van der Waals surface area contributed by atoms with E-state index in [0.717, 1.165) is 28.3 Å². The van der Waals surface area contributed by atoms with Crippen molar-refractivity contribution in [2.75, 3.05) is 45.8 Å². The molecule has 0 fully saturated rings. The molecular weight excluding hydrogens is 286 g/mol. The molecule has 0 saturated carbocycles. The SMILES string of the molecule is COCCCN(C)CC(=O)N(C)c1nc2ccccc2s1. The molecule has 0 N–H and O–H groups in total. The first-order valence-electron chi connectivity index (χ1n) is 6.91. The lowest BCUT2D eigenvalue weighted by Gasteiger charge is -2.19. The Balaban J connectivity index is 1.95. The van der Waals surface area contributed by atoms with E-state index in [9.17, 15) is 4.79 Å². The molecule has 5 nitrogen and oxygen atoms in total. The van der Waals surface area contributed by atoms with Gasteiger partial charge in [0.2, 0.25) is 5.91 Å².